The summed E-state index contributed by atoms with van der Waals surface area (Å²) in [5.41, 5.74) is 8.97. The van der Waals surface area contributed by atoms with Crippen molar-refractivity contribution in [3.05, 3.63) is 69.8 Å². The number of rotatable bonds is 9. The van der Waals surface area contributed by atoms with Crippen LogP contribution in [0.1, 0.15) is 48.5 Å². The van der Waals surface area contributed by atoms with E-state index in [1.54, 1.807) is 12.1 Å². The molecule has 10 heteroatoms. The van der Waals surface area contributed by atoms with Crippen molar-refractivity contribution in [2.75, 3.05) is 12.3 Å². The number of hydrogen-bond acceptors (Lipinski definition) is 7. The Morgan fingerprint density at radius 3 is 2.65 bits per heavy atom. The highest BCUT2D eigenvalue weighted by Crippen LogP contribution is 2.28. The Hall–Kier alpha value is -4.34. The maximum absolute atomic E-state index is 13.1. The molecule has 0 aliphatic carbocycles. The van der Waals surface area contributed by atoms with Crippen LogP contribution < -0.4 is 11.1 Å². The largest absolute Gasteiger partial charge is 0.383 e. The Balaban J connectivity index is 1.76. The molecule has 4 rings (SSSR count). The number of amides is 1. The minimum atomic E-state index is -0.475. The number of non-ortho nitro benzene ring substituents is 1. The van der Waals surface area contributed by atoms with Gasteiger partial charge in [0.05, 0.1) is 22.2 Å². The molecule has 4 aromatic rings. The normalized spacial score (nSPS) is 11.4. The summed E-state index contributed by atoms with van der Waals surface area (Å²) in [5.74, 6) is -0.245. The predicted octanol–water partition coefficient (Wildman–Crippen LogP) is 4.27. The molecule has 0 radical (unpaired) electrons. The number of anilines is 1. The van der Waals surface area contributed by atoms with Gasteiger partial charge in [0.2, 0.25) is 0 Å². The van der Waals surface area contributed by atoms with Gasteiger partial charge in [-0.05, 0) is 18.6 Å². The lowest BCUT2D eigenvalue weighted by molar-refractivity contribution is -0.384. The zero-order valence-electron chi connectivity index (χ0n) is 18.8. The summed E-state index contributed by atoms with van der Waals surface area (Å²) in [6.07, 6.45) is 5.57. The van der Waals surface area contributed by atoms with Gasteiger partial charge in [-0.1, -0.05) is 50.5 Å². The van der Waals surface area contributed by atoms with Crippen molar-refractivity contribution < 1.29 is 9.72 Å². The van der Waals surface area contributed by atoms with Crippen LogP contribution in [-0.4, -0.2) is 38.2 Å². The van der Waals surface area contributed by atoms with E-state index in [0.717, 1.165) is 25.7 Å². The van der Waals surface area contributed by atoms with Gasteiger partial charge in [-0.3, -0.25) is 14.9 Å². The first kappa shape index (κ1) is 22.8. The first-order valence-electron chi connectivity index (χ1n) is 11.1. The fourth-order valence-electron chi connectivity index (χ4n) is 3.67. The van der Waals surface area contributed by atoms with Gasteiger partial charge in [0.15, 0.2) is 5.65 Å². The SMILES string of the molecule is CCCCCCNC(=O)c1c(N)n(/N=C\c2cccc([N+](=O)[O-])c2)c2nc3ccccc3nc12. The molecule has 0 aliphatic heterocycles. The zero-order valence-corrected chi connectivity index (χ0v) is 18.8. The number of fused-ring (bicyclic) bond motifs is 2. The molecule has 2 aromatic heterocycles. The van der Waals surface area contributed by atoms with Crippen molar-refractivity contribution in [2.45, 2.75) is 32.6 Å². The third-order valence-corrected chi connectivity index (χ3v) is 5.42. The Morgan fingerprint density at radius 1 is 1.15 bits per heavy atom. The number of hydrogen-bond donors (Lipinski definition) is 2. The molecule has 0 bridgehead atoms. The Labute approximate surface area is 195 Å². The van der Waals surface area contributed by atoms with Crippen molar-refractivity contribution in [1.82, 2.24) is 20.0 Å². The van der Waals surface area contributed by atoms with Gasteiger partial charge >= 0.3 is 0 Å². The number of para-hydroxylation sites is 2. The Morgan fingerprint density at radius 2 is 1.91 bits per heavy atom. The van der Waals surface area contributed by atoms with E-state index in [2.05, 4.69) is 27.3 Å². The maximum Gasteiger partial charge on any atom is 0.270 e. The van der Waals surface area contributed by atoms with E-state index in [9.17, 15) is 14.9 Å². The fourth-order valence-corrected chi connectivity index (χ4v) is 3.67. The molecule has 0 saturated heterocycles. The summed E-state index contributed by atoms with van der Waals surface area (Å²) in [7, 11) is 0. The highest BCUT2D eigenvalue weighted by atomic mass is 16.6. The van der Waals surface area contributed by atoms with Crippen LogP contribution in [0.15, 0.2) is 53.6 Å². The fraction of sp³-hybridized carbons (Fsp3) is 0.250. The first-order valence-corrected chi connectivity index (χ1v) is 11.1. The number of aromatic nitrogens is 3. The molecule has 34 heavy (non-hydrogen) atoms. The summed E-state index contributed by atoms with van der Waals surface area (Å²) in [4.78, 5) is 32.9. The highest BCUT2D eigenvalue weighted by molar-refractivity contribution is 6.10. The zero-order chi connectivity index (χ0) is 24.1. The molecule has 2 aromatic carbocycles. The molecule has 0 saturated carbocycles. The molecule has 0 aliphatic rings. The average Bonchev–Trinajstić information content (AvgIpc) is 3.11. The summed E-state index contributed by atoms with van der Waals surface area (Å²) < 4.78 is 1.35. The monoisotopic (exact) mass is 459 g/mol. The second-order valence-electron chi connectivity index (χ2n) is 7.87. The van der Waals surface area contributed by atoms with Crippen LogP contribution in [0.2, 0.25) is 0 Å². The number of carbonyl (C=O) groups excluding carboxylic acids is 1. The lowest BCUT2D eigenvalue weighted by Gasteiger charge is -2.05. The summed E-state index contributed by atoms with van der Waals surface area (Å²) >= 11 is 0. The van der Waals surface area contributed by atoms with Crippen molar-refractivity contribution in [3.63, 3.8) is 0 Å². The average molecular weight is 460 g/mol. The number of nitrogens with two attached hydrogens (primary N) is 1. The van der Waals surface area contributed by atoms with Gasteiger partial charge in [0, 0.05) is 24.2 Å². The minimum Gasteiger partial charge on any atom is -0.383 e. The Bertz CT molecular complexity index is 1390. The summed E-state index contributed by atoms with van der Waals surface area (Å²) in [6.45, 7) is 2.66. The van der Waals surface area contributed by atoms with E-state index < -0.39 is 4.92 Å². The van der Waals surface area contributed by atoms with Crippen LogP contribution in [0.25, 0.3) is 22.2 Å². The molecular weight excluding hydrogens is 434 g/mol. The molecule has 0 spiro atoms. The molecule has 0 unspecified atom stereocenters. The molecule has 174 valence electrons. The third-order valence-electron chi connectivity index (χ3n) is 5.42. The summed E-state index contributed by atoms with van der Waals surface area (Å²) in [6, 6.07) is 13.4. The second-order valence-corrected chi connectivity index (χ2v) is 7.87. The number of carbonyl (C=O) groups is 1. The van der Waals surface area contributed by atoms with Gasteiger partial charge in [0.25, 0.3) is 11.6 Å². The van der Waals surface area contributed by atoms with Crippen LogP contribution >= 0.6 is 0 Å². The number of nitro groups is 1. The smallest absolute Gasteiger partial charge is 0.270 e. The molecule has 1 amide bonds. The lowest BCUT2D eigenvalue weighted by Crippen LogP contribution is -2.25. The van der Waals surface area contributed by atoms with E-state index in [1.165, 1.54) is 23.0 Å². The number of nitrogen functional groups attached to an aromatic ring is 1. The topological polar surface area (TPSA) is 141 Å². The second kappa shape index (κ2) is 10.1. The quantitative estimate of drug-likeness (QED) is 0.166. The van der Waals surface area contributed by atoms with Gasteiger partial charge in [-0.2, -0.15) is 9.78 Å². The van der Waals surface area contributed by atoms with Crippen LogP contribution in [0.3, 0.4) is 0 Å². The van der Waals surface area contributed by atoms with E-state index in [-0.39, 0.29) is 23.0 Å². The van der Waals surface area contributed by atoms with E-state index in [4.69, 9.17) is 5.73 Å². The molecule has 3 N–H and O–H groups in total. The highest BCUT2D eigenvalue weighted by Gasteiger charge is 2.23. The molecule has 0 atom stereocenters. The maximum atomic E-state index is 13.1. The lowest BCUT2D eigenvalue weighted by atomic mass is 10.2. The van der Waals surface area contributed by atoms with E-state index in [1.807, 2.05) is 24.3 Å². The Kier molecular flexibility index (Phi) is 6.77. The third kappa shape index (κ3) is 4.70. The van der Waals surface area contributed by atoms with Crippen LogP contribution in [0, 0.1) is 10.1 Å². The number of nitrogens with one attached hydrogen (secondary N) is 1. The standard InChI is InChI=1S/C24H25N7O3/c1-2-3-4-7-13-26-24(32)20-21-23(29-19-12-6-5-11-18(19)28-21)30(22(20)25)27-15-16-9-8-10-17(14-16)31(33)34/h5-6,8-12,14-15H,2-4,7,13,25H2,1H3,(H,26,32)/b27-15-. The number of nitrogens with zero attached hydrogens (tertiary/aromatic N) is 5. The van der Waals surface area contributed by atoms with Crippen LogP contribution in [0.4, 0.5) is 11.5 Å². The van der Waals surface area contributed by atoms with Gasteiger partial charge in [-0.25, -0.2) is 9.97 Å². The number of unbranched alkanes of at least 4 members (excludes halogenated alkanes) is 3. The summed E-state index contributed by atoms with van der Waals surface area (Å²) in [5, 5.41) is 18.4. The van der Waals surface area contributed by atoms with E-state index >= 15 is 0 Å². The van der Waals surface area contributed by atoms with Crippen LogP contribution in [-0.2, 0) is 0 Å². The van der Waals surface area contributed by atoms with Crippen molar-refractivity contribution >= 4 is 45.8 Å². The van der Waals surface area contributed by atoms with Crippen LogP contribution in [0.5, 0.6) is 0 Å². The van der Waals surface area contributed by atoms with Gasteiger partial charge in [0.1, 0.15) is 16.9 Å². The van der Waals surface area contributed by atoms with Crippen molar-refractivity contribution in [2.24, 2.45) is 5.10 Å². The van der Waals surface area contributed by atoms with Crippen molar-refractivity contribution in [3.8, 4) is 0 Å². The van der Waals surface area contributed by atoms with E-state index in [0.29, 0.717) is 34.3 Å². The minimum absolute atomic E-state index is 0.0526. The van der Waals surface area contributed by atoms with Gasteiger partial charge in [-0.15, -0.1) is 0 Å². The molecule has 0 fully saturated rings. The predicted molar refractivity (Wildman–Crippen MR) is 132 cm³/mol. The number of nitro benzene ring substituents is 1. The molecule has 10 nitrogen and oxygen atoms in total. The number of benzene rings is 2. The molecular formula is C24H25N7O3. The van der Waals surface area contributed by atoms with Crippen molar-refractivity contribution in [1.29, 1.82) is 0 Å². The van der Waals surface area contributed by atoms with Gasteiger partial charge < -0.3 is 11.1 Å². The first-order chi connectivity index (χ1) is 16.5. The molecule has 2 heterocycles.